The Kier molecular flexibility index (Phi) is 5.28. The molecule has 0 unspecified atom stereocenters. The molecule has 0 amide bonds. The third kappa shape index (κ3) is 4.19. The van der Waals surface area contributed by atoms with Gasteiger partial charge in [0.15, 0.2) is 0 Å². The molecule has 0 spiro atoms. The second-order valence-electron chi connectivity index (χ2n) is 5.06. The largest absolute Gasteiger partial charge is 0.497 e. The Morgan fingerprint density at radius 1 is 1.22 bits per heavy atom. The first-order valence-corrected chi connectivity index (χ1v) is 6.98. The molecule has 98 valence electrons. The maximum Gasteiger partial charge on any atom is 0.118 e. The van der Waals surface area contributed by atoms with Crippen LogP contribution in [0.25, 0.3) is 0 Å². The van der Waals surface area contributed by atoms with Crippen molar-refractivity contribution >= 4 is 0 Å². The van der Waals surface area contributed by atoms with Gasteiger partial charge in [-0.25, -0.2) is 0 Å². The molecule has 2 heteroatoms. The van der Waals surface area contributed by atoms with E-state index < -0.39 is 0 Å². The van der Waals surface area contributed by atoms with Gasteiger partial charge in [-0.15, -0.1) is 0 Å². The number of hydrogen-bond acceptors (Lipinski definition) is 1. The molecule has 1 aromatic carbocycles. The number of methoxy groups -OCH3 is 1. The van der Waals surface area contributed by atoms with Crippen molar-refractivity contribution in [1.82, 2.24) is 0 Å². The van der Waals surface area contributed by atoms with Gasteiger partial charge in [0.2, 0.25) is 0 Å². The lowest BCUT2D eigenvalue weighted by Gasteiger charge is -2.15. The zero-order chi connectivity index (χ0) is 12.6. The zero-order valence-corrected chi connectivity index (χ0v) is 11.3. The number of nitrogens with two attached hydrogens (primary N) is 1. The Bertz CT molecular complexity index is 369. The van der Waals surface area contributed by atoms with E-state index in [0.29, 0.717) is 0 Å². The van der Waals surface area contributed by atoms with Gasteiger partial charge in [0.25, 0.3) is 0 Å². The molecule has 1 atom stereocenters. The van der Waals surface area contributed by atoms with Crippen LogP contribution in [0.5, 0.6) is 5.75 Å². The molecule has 0 saturated carbocycles. The second-order valence-corrected chi connectivity index (χ2v) is 5.06. The van der Waals surface area contributed by atoms with E-state index in [1.165, 1.54) is 37.9 Å². The zero-order valence-electron chi connectivity index (χ0n) is 11.3. The minimum atomic E-state index is 0.894. The van der Waals surface area contributed by atoms with Gasteiger partial charge in [-0.3, -0.25) is 0 Å². The Morgan fingerprint density at radius 3 is 2.72 bits per heavy atom. The number of ether oxygens (including phenoxy) is 1. The molecule has 0 bridgehead atoms. The molecule has 0 aromatic heterocycles. The van der Waals surface area contributed by atoms with Crippen LogP contribution in [-0.4, -0.2) is 20.2 Å². The van der Waals surface area contributed by atoms with Crippen LogP contribution in [0.1, 0.15) is 24.8 Å². The second kappa shape index (κ2) is 7.22. The molecule has 1 aliphatic rings. The Labute approximate surface area is 110 Å². The normalized spacial score (nSPS) is 18.8. The standard InChI is InChI=1S/C16H23NO/c1-18-16-9-7-14(8-10-16)11-12-17-13-15-5-3-2-4-6-15/h2-3,7-10,15,17H,4-6,11-13H2,1H3/p+1/t15-/m0/s1. The van der Waals surface area contributed by atoms with Crippen molar-refractivity contribution in [2.24, 2.45) is 5.92 Å². The molecule has 18 heavy (non-hydrogen) atoms. The van der Waals surface area contributed by atoms with Crippen molar-refractivity contribution in [3.8, 4) is 5.75 Å². The fourth-order valence-electron chi connectivity index (χ4n) is 2.48. The third-order valence-corrected chi connectivity index (χ3v) is 3.67. The van der Waals surface area contributed by atoms with Crippen molar-refractivity contribution in [3.63, 3.8) is 0 Å². The highest BCUT2D eigenvalue weighted by Crippen LogP contribution is 2.15. The van der Waals surface area contributed by atoms with Crippen molar-refractivity contribution in [2.45, 2.75) is 25.7 Å². The summed E-state index contributed by atoms with van der Waals surface area (Å²) in [6.45, 7) is 2.47. The molecule has 0 aliphatic heterocycles. The van der Waals surface area contributed by atoms with Crippen LogP contribution in [0.3, 0.4) is 0 Å². The summed E-state index contributed by atoms with van der Waals surface area (Å²) in [6.07, 6.45) is 9.72. The van der Waals surface area contributed by atoms with Gasteiger partial charge in [0.1, 0.15) is 5.75 Å². The molecular weight excluding hydrogens is 222 g/mol. The molecule has 0 radical (unpaired) electrons. The van der Waals surface area contributed by atoms with Gasteiger partial charge in [-0.05, 0) is 37.0 Å². The number of hydrogen-bond donors (Lipinski definition) is 1. The van der Waals surface area contributed by atoms with E-state index >= 15 is 0 Å². The van der Waals surface area contributed by atoms with E-state index in [0.717, 1.165) is 18.1 Å². The number of rotatable bonds is 6. The maximum atomic E-state index is 5.16. The summed E-state index contributed by atoms with van der Waals surface area (Å²) in [7, 11) is 1.71. The van der Waals surface area contributed by atoms with E-state index in [9.17, 15) is 0 Å². The summed E-state index contributed by atoms with van der Waals surface area (Å²) in [5.41, 5.74) is 1.40. The smallest absolute Gasteiger partial charge is 0.118 e. The van der Waals surface area contributed by atoms with Crippen LogP contribution in [0.15, 0.2) is 36.4 Å². The van der Waals surface area contributed by atoms with Gasteiger partial charge in [0, 0.05) is 12.3 Å². The summed E-state index contributed by atoms with van der Waals surface area (Å²) in [5.74, 6) is 1.84. The molecule has 1 aliphatic carbocycles. The van der Waals surface area contributed by atoms with Crippen molar-refractivity contribution < 1.29 is 10.1 Å². The highest BCUT2D eigenvalue weighted by molar-refractivity contribution is 5.27. The molecule has 0 heterocycles. The Balaban J connectivity index is 1.63. The average Bonchev–Trinajstić information content (AvgIpc) is 2.45. The Morgan fingerprint density at radius 2 is 2.06 bits per heavy atom. The summed E-state index contributed by atoms with van der Waals surface area (Å²) in [6, 6.07) is 8.41. The van der Waals surface area contributed by atoms with Crippen LogP contribution in [-0.2, 0) is 6.42 Å². The first-order chi connectivity index (χ1) is 8.88. The van der Waals surface area contributed by atoms with E-state index in [4.69, 9.17) is 4.74 Å². The first-order valence-electron chi connectivity index (χ1n) is 6.98. The Hall–Kier alpha value is -1.28. The van der Waals surface area contributed by atoms with Crippen LogP contribution >= 0.6 is 0 Å². The molecule has 0 saturated heterocycles. The number of benzene rings is 1. The predicted octanol–water partition coefficient (Wildman–Crippen LogP) is 2.16. The fraction of sp³-hybridized carbons (Fsp3) is 0.500. The van der Waals surface area contributed by atoms with Crippen LogP contribution < -0.4 is 10.1 Å². The lowest BCUT2D eigenvalue weighted by atomic mass is 9.94. The molecule has 2 N–H and O–H groups in total. The minimum Gasteiger partial charge on any atom is -0.497 e. The first kappa shape index (κ1) is 13.2. The molecular formula is C16H24NO+. The summed E-state index contributed by atoms with van der Waals surface area (Å²) >= 11 is 0. The van der Waals surface area contributed by atoms with Crippen LogP contribution in [0.4, 0.5) is 0 Å². The lowest BCUT2D eigenvalue weighted by molar-refractivity contribution is -0.660. The molecule has 1 aromatic rings. The van der Waals surface area contributed by atoms with Gasteiger partial charge < -0.3 is 10.1 Å². The van der Waals surface area contributed by atoms with E-state index in [1.54, 1.807) is 7.11 Å². The quantitative estimate of drug-likeness (QED) is 0.604. The highest BCUT2D eigenvalue weighted by atomic mass is 16.5. The predicted molar refractivity (Wildman–Crippen MR) is 74.8 cm³/mol. The van der Waals surface area contributed by atoms with Crippen LogP contribution in [0.2, 0.25) is 0 Å². The van der Waals surface area contributed by atoms with Crippen LogP contribution in [0, 0.1) is 5.92 Å². The summed E-state index contributed by atoms with van der Waals surface area (Å²) in [5, 5.41) is 2.47. The van der Waals surface area contributed by atoms with Crippen molar-refractivity contribution in [2.75, 3.05) is 20.2 Å². The highest BCUT2D eigenvalue weighted by Gasteiger charge is 2.10. The third-order valence-electron chi connectivity index (χ3n) is 3.67. The molecule has 2 rings (SSSR count). The van der Waals surface area contributed by atoms with Crippen molar-refractivity contribution in [3.05, 3.63) is 42.0 Å². The topological polar surface area (TPSA) is 25.8 Å². The van der Waals surface area contributed by atoms with Gasteiger partial charge >= 0.3 is 0 Å². The summed E-state index contributed by atoms with van der Waals surface area (Å²) < 4.78 is 5.16. The number of quaternary nitrogens is 1. The molecule has 0 fully saturated rings. The molecule has 2 nitrogen and oxygen atoms in total. The maximum absolute atomic E-state index is 5.16. The fourth-order valence-corrected chi connectivity index (χ4v) is 2.48. The number of allylic oxidation sites excluding steroid dienone is 2. The van der Waals surface area contributed by atoms with Gasteiger partial charge in [-0.2, -0.15) is 0 Å². The lowest BCUT2D eigenvalue weighted by Crippen LogP contribution is -2.86. The summed E-state index contributed by atoms with van der Waals surface area (Å²) in [4.78, 5) is 0. The minimum absolute atomic E-state index is 0.894. The van der Waals surface area contributed by atoms with Gasteiger partial charge in [-0.1, -0.05) is 24.3 Å². The average molecular weight is 246 g/mol. The monoisotopic (exact) mass is 246 g/mol. The van der Waals surface area contributed by atoms with E-state index in [1.807, 2.05) is 12.1 Å². The van der Waals surface area contributed by atoms with E-state index in [2.05, 4.69) is 29.6 Å². The van der Waals surface area contributed by atoms with Gasteiger partial charge in [0.05, 0.1) is 20.2 Å². The SMILES string of the molecule is COc1ccc(CC[NH2+]C[C@H]2CC=CCC2)cc1. The van der Waals surface area contributed by atoms with Crippen molar-refractivity contribution in [1.29, 1.82) is 0 Å². The van der Waals surface area contributed by atoms with E-state index in [-0.39, 0.29) is 0 Å².